The number of alkyl halides is 3. The monoisotopic (exact) mass is 225 g/mol. The van der Waals surface area contributed by atoms with Crippen LogP contribution >= 0.6 is 0 Å². The molecule has 1 aliphatic rings. The normalized spacial score (nSPS) is 30.2. The number of hydrogen-bond donors (Lipinski definition) is 2. The van der Waals surface area contributed by atoms with E-state index in [2.05, 4.69) is 12.2 Å². The van der Waals surface area contributed by atoms with Crippen LogP contribution in [-0.4, -0.2) is 30.0 Å². The molecule has 0 aliphatic heterocycles. The van der Waals surface area contributed by atoms with Gasteiger partial charge in [0.05, 0.1) is 0 Å². The molecule has 90 valence electrons. The predicted octanol–water partition coefficient (Wildman–Crippen LogP) is 2.08. The summed E-state index contributed by atoms with van der Waals surface area (Å²) in [5, 5.41) is 11.6. The minimum absolute atomic E-state index is 0.137. The summed E-state index contributed by atoms with van der Waals surface area (Å²) in [7, 11) is 0. The molecule has 0 amide bonds. The highest BCUT2D eigenvalue weighted by atomic mass is 19.4. The van der Waals surface area contributed by atoms with E-state index in [1.54, 1.807) is 0 Å². The second kappa shape index (κ2) is 5.16. The van der Waals surface area contributed by atoms with Gasteiger partial charge in [0.15, 0.2) is 6.10 Å². The van der Waals surface area contributed by atoms with E-state index < -0.39 is 12.3 Å². The van der Waals surface area contributed by atoms with E-state index in [0.717, 1.165) is 25.7 Å². The van der Waals surface area contributed by atoms with Crippen LogP contribution in [0, 0.1) is 5.92 Å². The fourth-order valence-corrected chi connectivity index (χ4v) is 1.86. The zero-order valence-corrected chi connectivity index (χ0v) is 8.85. The molecule has 2 N–H and O–H groups in total. The summed E-state index contributed by atoms with van der Waals surface area (Å²) in [6.07, 6.45) is -2.82. The first-order valence-electron chi connectivity index (χ1n) is 5.37. The largest absolute Gasteiger partial charge is 0.415 e. The summed E-state index contributed by atoms with van der Waals surface area (Å²) in [4.78, 5) is 0. The van der Waals surface area contributed by atoms with Gasteiger partial charge in [-0.2, -0.15) is 13.2 Å². The molecule has 1 saturated carbocycles. The van der Waals surface area contributed by atoms with Crippen LogP contribution in [0.25, 0.3) is 0 Å². The van der Waals surface area contributed by atoms with Crippen LogP contribution in [0.2, 0.25) is 0 Å². The van der Waals surface area contributed by atoms with Gasteiger partial charge in [0, 0.05) is 12.6 Å². The van der Waals surface area contributed by atoms with Gasteiger partial charge >= 0.3 is 6.18 Å². The van der Waals surface area contributed by atoms with E-state index in [0.29, 0.717) is 5.92 Å². The maximum Gasteiger partial charge on any atom is 0.415 e. The van der Waals surface area contributed by atoms with E-state index in [1.165, 1.54) is 0 Å². The summed E-state index contributed by atoms with van der Waals surface area (Å²) < 4.78 is 35.9. The molecule has 5 heteroatoms. The summed E-state index contributed by atoms with van der Waals surface area (Å²) in [5.41, 5.74) is 0. The van der Waals surface area contributed by atoms with Crippen LogP contribution in [-0.2, 0) is 0 Å². The first kappa shape index (κ1) is 12.8. The number of nitrogens with one attached hydrogen (secondary N) is 1. The van der Waals surface area contributed by atoms with Crippen molar-refractivity contribution < 1.29 is 18.3 Å². The molecule has 15 heavy (non-hydrogen) atoms. The zero-order chi connectivity index (χ0) is 11.5. The Morgan fingerprint density at radius 2 is 1.80 bits per heavy atom. The van der Waals surface area contributed by atoms with Crippen molar-refractivity contribution in [2.24, 2.45) is 5.92 Å². The maximum absolute atomic E-state index is 12.0. The van der Waals surface area contributed by atoms with Crippen molar-refractivity contribution in [3.63, 3.8) is 0 Å². The Kier molecular flexibility index (Phi) is 4.40. The van der Waals surface area contributed by atoms with Crippen molar-refractivity contribution in [2.45, 2.75) is 50.9 Å². The van der Waals surface area contributed by atoms with Gasteiger partial charge in [0.2, 0.25) is 0 Å². The van der Waals surface area contributed by atoms with Crippen LogP contribution < -0.4 is 5.32 Å². The molecule has 0 bridgehead atoms. The summed E-state index contributed by atoms with van der Waals surface area (Å²) >= 11 is 0. The van der Waals surface area contributed by atoms with Gasteiger partial charge in [0.25, 0.3) is 0 Å². The molecule has 0 saturated heterocycles. The molecular weight excluding hydrogens is 207 g/mol. The third-order valence-corrected chi connectivity index (χ3v) is 2.99. The fraction of sp³-hybridized carbons (Fsp3) is 1.00. The van der Waals surface area contributed by atoms with Crippen molar-refractivity contribution in [3.8, 4) is 0 Å². The van der Waals surface area contributed by atoms with Crippen molar-refractivity contribution in [1.82, 2.24) is 5.32 Å². The molecule has 1 rings (SSSR count). The predicted molar refractivity (Wildman–Crippen MR) is 51.5 cm³/mol. The Morgan fingerprint density at radius 3 is 2.27 bits per heavy atom. The summed E-state index contributed by atoms with van der Waals surface area (Å²) in [5.74, 6) is 0.676. The second-order valence-electron chi connectivity index (χ2n) is 4.42. The number of halogens is 3. The zero-order valence-electron chi connectivity index (χ0n) is 8.85. The SMILES string of the molecule is C[C@H]1CC[C@@H](NC[C@@H](O)C(F)(F)F)CC1. The third kappa shape index (κ3) is 4.38. The van der Waals surface area contributed by atoms with Gasteiger partial charge in [-0.05, 0) is 31.6 Å². The van der Waals surface area contributed by atoms with E-state index >= 15 is 0 Å². The van der Waals surface area contributed by atoms with E-state index in [1.807, 2.05) is 0 Å². The van der Waals surface area contributed by atoms with E-state index in [-0.39, 0.29) is 12.6 Å². The minimum atomic E-state index is -4.51. The lowest BCUT2D eigenvalue weighted by Gasteiger charge is -2.28. The number of hydrogen-bond acceptors (Lipinski definition) is 2. The van der Waals surface area contributed by atoms with Gasteiger partial charge in [0.1, 0.15) is 0 Å². The number of rotatable bonds is 3. The highest BCUT2D eigenvalue weighted by Gasteiger charge is 2.38. The van der Waals surface area contributed by atoms with Gasteiger partial charge < -0.3 is 10.4 Å². The van der Waals surface area contributed by atoms with Crippen LogP contribution in [0.5, 0.6) is 0 Å². The summed E-state index contributed by atoms with van der Waals surface area (Å²) in [6.45, 7) is 1.77. The quantitative estimate of drug-likeness (QED) is 0.770. The molecule has 0 unspecified atom stereocenters. The van der Waals surface area contributed by atoms with Gasteiger partial charge in [-0.25, -0.2) is 0 Å². The van der Waals surface area contributed by atoms with Crippen molar-refractivity contribution in [2.75, 3.05) is 6.54 Å². The molecular formula is C10H18F3NO. The van der Waals surface area contributed by atoms with Gasteiger partial charge in [-0.15, -0.1) is 0 Å². The topological polar surface area (TPSA) is 32.3 Å². The Balaban J connectivity index is 2.20. The molecule has 1 atom stereocenters. The first-order chi connectivity index (χ1) is 6.89. The lowest BCUT2D eigenvalue weighted by molar-refractivity contribution is -0.202. The number of aliphatic hydroxyl groups is 1. The van der Waals surface area contributed by atoms with Crippen molar-refractivity contribution in [3.05, 3.63) is 0 Å². The Morgan fingerprint density at radius 1 is 1.27 bits per heavy atom. The minimum Gasteiger partial charge on any atom is -0.382 e. The molecule has 0 aromatic heterocycles. The molecule has 0 radical (unpaired) electrons. The Hall–Kier alpha value is -0.290. The molecule has 0 heterocycles. The van der Waals surface area contributed by atoms with E-state index in [4.69, 9.17) is 5.11 Å². The smallest absolute Gasteiger partial charge is 0.382 e. The Labute approximate surface area is 87.9 Å². The van der Waals surface area contributed by atoms with Crippen molar-refractivity contribution in [1.29, 1.82) is 0 Å². The highest BCUT2D eigenvalue weighted by Crippen LogP contribution is 2.24. The highest BCUT2D eigenvalue weighted by molar-refractivity contribution is 4.77. The van der Waals surface area contributed by atoms with Crippen LogP contribution in [0.3, 0.4) is 0 Å². The van der Waals surface area contributed by atoms with Crippen molar-refractivity contribution >= 4 is 0 Å². The van der Waals surface area contributed by atoms with Gasteiger partial charge in [-0.3, -0.25) is 0 Å². The average molecular weight is 225 g/mol. The lowest BCUT2D eigenvalue weighted by atomic mass is 9.87. The fourth-order valence-electron chi connectivity index (χ4n) is 1.86. The first-order valence-corrected chi connectivity index (χ1v) is 5.37. The second-order valence-corrected chi connectivity index (χ2v) is 4.42. The molecule has 0 aromatic carbocycles. The Bertz CT molecular complexity index is 188. The standard InChI is InChI=1S/C10H18F3NO/c1-7-2-4-8(5-3-7)14-6-9(15)10(11,12)13/h7-9,14-15H,2-6H2,1H3/t7-,8+,9-/m1/s1. The lowest BCUT2D eigenvalue weighted by Crippen LogP contribution is -2.43. The average Bonchev–Trinajstić information content (AvgIpc) is 2.15. The van der Waals surface area contributed by atoms with Gasteiger partial charge in [-0.1, -0.05) is 6.92 Å². The van der Waals surface area contributed by atoms with Crippen LogP contribution in [0.1, 0.15) is 32.6 Å². The van der Waals surface area contributed by atoms with Crippen LogP contribution in [0.15, 0.2) is 0 Å². The molecule has 1 aliphatic carbocycles. The molecule has 0 aromatic rings. The third-order valence-electron chi connectivity index (χ3n) is 2.99. The molecule has 0 spiro atoms. The van der Waals surface area contributed by atoms with Crippen LogP contribution in [0.4, 0.5) is 13.2 Å². The summed E-state index contributed by atoms with van der Waals surface area (Å²) in [6, 6.07) is 0.137. The number of aliphatic hydroxyl groups excluding tert-OH is 1. The van der Waals surface area contributed by atoms with E-state index in [9.17, 15) is 13.2 Å². The maximum atomic E-state index is 12.0. The molecule has 1 fully saturated rings. The molecule has 2 nitrogen and oxygen atoms in total.